The van der Waals surface area contributed by atoms with Crippen LogP contribution in [0, 0.1) is 5.92 Å². The predicted octanol–water partition coefficient (Wildman–Crippen LogP) is 3.10. The van der Waals surface area contributed by atoms with Gasteiger partial charge in [-0.05, 0) is 25.2 Å². The van der Waals surface area contributed by atoms with Gasteiger partial charge in [0.2, 0.25) is 11.8 Å². The summed E-state index contributed by atoms with van der Waals surface area (Å²) in [5.41, 5.74) is 5.74. The summed E-state index contributed by atoms with van der Waals surface area (Å²) in [5, 5.41) is 0. The zero-order chi connectivity index (χ0) is 17.7. The van der Waals surface area contributed by atoms with E-state index in [4.69, 9.17) is 5.73 Å². The number of rotatable bonds is 4. The van der Waals surface area contributed by atoms with Crippen LogP contribution in [0.1, 0.15) is 77.0 Å². The molecule has 5 nitrogen and oxygen atoms in total. The van der Waals surface area contributed by atoms with Crippen molar-refractivity contribution in [2.45, 2.75) is 82.6 Å². The molecule has 1 saturated heterocycles. The number of hydrogen-bond donors (Lipinski definition) is 1. The van der Waals surface area contributed by atoms with Gasteiger partial charge in [-0.3, -0.25) is 9.59 Å². The van der Waals surface area contributed by atoms with E-state index in [1.54, 1.807) is 0 Å². The molecule has 3 aliphatic rings. The van der Waals surface area contributed by atoms with Crippen LogP contribution in [0.25, 0.3) is 0 Å². The zero-order valence-corrected chi connectivity index (χ0v) is 16.9. The molecule has 2 saturated carbocycles. The first kappa shape index (κ1) is 21.5. The van der Waals surface area contributed by atoms with E-state index in [-0.39, 0.29) is 24.2 Å². The highest BCUT2D eigenvalue weighted by atomic mass is 35.5. The zero-order valence-electron chi connectivity index (χ0n) is 16.1. The maximum Gasteiger partial charge on any atom is 0.242 e. The van der Waals surface area contributed by atoms with E-state index in [0.717, 1.165) is 38.0 Å². The highest BCUT2D eigenvalue weighted by Gasteiger charge is 2.39. The molecule has 0 spiro atoms. The number of piperazine rings is 1. The average molecular weight is 386 g/mol. The molecule has 3 rings (SSSR count). The maximum atomic E-state index is 12.8. The molecule has 0 aromatic rings. The van der Waals surface area contributed by atoms with Crippen molar-refractivity contribution in [3.63, 3.8) is 0 Å². The molecule has 1 heterocycles. The molecule has 2 aliphatic carbocycles. The first-order chi connectivity index (χ1) is 12.1. The Balaban J connectivity index is 0.00000243. The van der Waals surface area contributed by atoms with Crippen LogP contribution in [-0.4, -0.2) is 53.3 Å². The van der Waals surface area contributed by atoms with Gasteiger partial charge in [-0.1, -0.05) is 51.4 Å². The fraction of sp³-hybridized carbons (Fsp3) is 0.900. The smallest absolute Gasteiger partial charge is 0.242 e. The highest BCUT2D eigenvalue weighted by Crippen LogP contribution is 2.29. The van der Waals surface area contributed by atoms with Gasteiger partial charge in [0.15, 0.2) is 0 Å². The van der Waals surface area contributed by atoms with Gasteiger partial charge in [0, 0.05) is 32.6 Å². The number of carbonyl (C=O) groups is 2. The molecule has 0 aromatic carbocycles. The molecule has 6 heteroatoms. The molecule has 2 N–H and O–H groups in total. The van der Waals surface area contributed by atoms with Gasteiger partial charge < -0.3 is 15.5 Å². The van der Waals surface area contributed by atoms with Crippen molar-refractivity contribution >= 4 is 24.2 Å². The molecule has 26 heavy (non-hydrogen) atoms. The first-order valence-electron chi connectivity index (χ1n) is 10.4. The largest absolute Gasteiger partial charge is 0.339 e. The van der Waals surface area contributed by atoms with Gasteiger partial charge >= 0.3 is 0 Å². The third-order valence-corrected chi connectivity index (χ3v) is 6.58. The minimum Gasteiger partial charge on any atom is -0.339 e. The summed E-state index contributed by atoms with van der Waals surface area (Å²) in [6.45, 7) is 2.64. The van der Waals surface area contributed by atoms with E-state index in [1.165, 1.54) is 38.5 Å². The fourth-order valence-corrected chi connectivity index (χ4v) is 4.83. The summed E-state index contributed by atoms with van der Waals surface area (Å²) in [6.07, 6.45) is 13.3. The molecular formula is C20H36ClN3O2. The summed E-state index contributed by atoms with van der Waals surface area (Å²) in [6, 6.07) is 0. The Morgan fingerprint density at radius 1 is 0.846 bits per heavy atom. The molecule has 3 fully saturated rings. The van der Waals surface area contributed by atoms with Crippen LogP contribution < -0.4 is 5.73 Å². The van der Waals surface area contributed by atoms with Gasteiger partial charge in [-0.15, -0.1) is 12.4 Å². The Hall–Kier alpha value is -0.810. The maximum absolute atomic E-state index is 12.8. The summed E-state index contributed by atoms with van der Waals surface area (Å²) < 4.78 is 0. The standard InChI is InChI=1S/C20H35N3O2.ClH/c21-20(11-5-2-6-12-20)19(25)23-15-13-22(14-16-23)18(24)10-9-17-7-3-1-4-8-17;/h17H,1-16,21H2;1H. The van der Waals surface area contributed by atoms with E-state index in [1.807, 2.05) is 9.80 Å². The van der Waals surface area contributed by atoms with Gasteiger partial charge in [0.25, 0.3) is 0 Å². The Labute approximate surface area is 164 Å². The van der Waals surface area contributed by atoms with Crippen molar-refractivity contribution in [2.24, 2.45) is 11.7 Å². The Morgan fingerprint density at radius 3 is 2.00 bits per heavy atom. The van der Waals surface area contributed by atoms with E-state index in [2.05, 4.69) is 0 Å². The average Bonchev–Trinajstić information content (AvgIpc) is 2.67. The fourth-order valence-electron chi connectivity index (χ4n) is 4.83. The number of halogens is 1. The number of nitrogens with two attached hydrogens (primary N) is 1. The highest BCUT2D eigenvalue weighted by molar-refractivity contribution is 5.86. The minimum absolute atomic E-state index is 0. The van der Waals surface area contributed by atoms with Crippen molar-refractivity contribution in [3.8, 4) is 0 Å². The lowest BCUT2D eigenvalue weighted by Gasteiger charge is -2.41. The summed E-state index contributed by atoms with van der Waals surface area (Å²) in [5.74, 6) is 1.14. The molecule has 0 atom stereocenters. The molecule has 0 unspecified atom stereocenters. The van der Waals surface area contributed by atoms with Crippen LogP contribution in [0.2, 0.25) is 0 Å². The minimum atomic E-state index is -0.647. The molecule has 0 bridgehead atoms. The first-order valence-corrected chi connectivity index (χ1v) is 10.4. The second-order valence-corrected chi connectivity index (χ2v) is 8.43. The summed E-state index contributed by atoms with van der Waals surface area (Å²) in [7, 11) is 0. The Kier molecular flexibility index (Phi) is 8.21. The van der Waals surface area contributed by atoms with Gasteiger partial charge in [-0.25, -0.2) is 0 Å². The van der Waals surface area contributed by atoms with Crippen LogP contribution in [0.4, 0.5) is 0 Å². The van der Waals surface area contributed by atoms with Crippen LogP contribution in [0.5, 0.6) is 0 Å². The van der Waals surface area contributed by atoms with Crippen LogP contribution in [-0.2, 0) is 9.59 Å². The normalized spacial score (nSPS) is 24.0. The molecule has 0 radical (unpaired) electrons. The quantitative estimate of drug-likeness (QED) is 0.808. The van der Waals surface area contributed by atoms with Crippen molar-refractivity contribution in [2.75, 3.05) is 26.2 Å². The van der Waals surface area contributed by atoms with Crippen molar-refractivity contribution in [1.29, 1.82) is 0 Å². The predicted molar refractivity (Wildman–Crippen MR) is 106 cm³/mol. The second kappa shape index (κ2) is 9.93. The topological polar surface area (TPSA) is 66.6 Å². The lowest BCUT2D eigenvalue weighted by Crippen LogP contribution is -2.60. The third kappa shape index (κ3) is 5.35. The van der Waals surface area contributed by atoms with E-state index < -0.39 is 5.54 Å². The number of nitrogens with zero attached hydrogens (tertiary/aromatic N) is 2. The Morgan fingerprint density at radius 2 is 1.38 bits per heavy atom. The molecule has 0 aromatic heterocycles. The van der Waals surface area contributed by atoms with Crippen molar-refractivity contribution in [3.05, 3.63) is 0 Å². The van der Waals surface area contributed by atoms with Gasteiger partial charge in [-0.2, -0.15) is 0 Å². The Bertz CT molecular complexity index is 466. The molecule has 150 valence electrons. The number of hydrogen-bond acceptors (Lipinski definition) is 3. The molecule has 1 aliphatic heterocycles. The molecular weight excluding hydrogens is 350 g/mol. The van der Waals surface area contributed by atoms with Crippen molar-refractivity contribution in [1.82, 2.24) is 9.80 Å². The monoisotopic (exact) mass is 385 g/mol. The van der Waals surface area contributed by atoms with Crippen LogP contribution >= 0.6 is 12.4 Å². The van der Waals surface area contributed by atoms with E-state index in [0.29, 0.717) is 32.6 Å². The molecule has 2 amide bonds. The third-order valence-electron chi connectivity index (χ3n) is 6.58. The lowest BCUT2D eigenvalue weighted by molar-refractivity contribution is -0.144. The van der Waals surface area contributed by atoms with Gasteiger partial charge in [0.05, 0.1) is 5.54 Å². The summed E-state index contributed by atoms with van der Waals surface area (Å²) in [4.78, 5) is 29.1. The number of amides is 2. The second-order valence-electron chi connectivity index (χ2n) is 8.43. The van der Waals surface area contributed by atoms with Crippen molar-refractivity contribution < 1.29 is 9.59 Å². The van der Waals surface area contributed by atoms with Crippen LogP contribution in [0.3, 0.4) is 0 Å². The van der Waals surface area contributed by atoms with E-state index >= 15 is 0 Å². The van der Waals surface area contributed by atoms with Crippen LogP contribution in [0.15, 0.2) is 0 Å². The summed E-state index contributed by atoms with van der Waals surface area (Å²) >= 11 is 0. The number of carbonyl (C=O) groups excluding carboxylic acids is 2. The lowest BCUT2D eigenvalue weighted by atomic mass is 9.81. The van der Waals surface area contributed by atoms with Gasteiger partial charge in [0.1, 0.15) is 0 Å². The SMILES string of the molecule is Cl.NC1(C(=O)N2CCN(C(=O)CCC3CCCCC3)CC2)CCCCC1. The van der Waals surface area contributed by atoms with E-state index in [9.17, 15) is 9.59 Å².